The van der Waals surface area contributed by atoms with E-state index in [-0.39, 0.29) is 0 Å². The highest BCUT2D eigenvalue weighted by molar-refractivity contribution is 6.11. The molecule has 0 saturated heterocycles. The van der Waals surface area contributed by atoms with Gasteiger partial charge in [-0.25, -0.2) is 9.97 Å². The Balaban J connectivity index is 0.885. The number of nitrogens with one attached hydrogen (secondary N) is 2. The minimum atomic E-state index is 0.397. The molecule has 3 aromatic heterocycles. The standard InChI is InChI=1S/C76H54N4/c1-2-10-38-37(9-1)45-17-18-46(38)54-26-62-61(25-53(45)54)69-33-71-63-27-55-47-19-20-48(40-12-4-3-11-39(40)47)56(55)28-64(63)73(78-71)35-75-67-31-59-51-23-24-52(44-16-8-7-15-43(44)51)60(59)32-68(67)76(80-75)36-74-66-30-58-50-22-21-49(41-13-5-6-14-42(41)50)57(58)29-65(66)72(79-74)34-70(62)77-69/h1-16,25-36,45-52,77,80H,17-24H2. The molecule has 5 heterocycles. The average Bonchev–Trinajstić information content (AvgIpc) is 4.36. The molecular formula is C76H54N4. The van der Waals surface area contributed by atoms with Gasteiger partial charge in [-0.05, 0) is 213 Å². The fourth-order valence-corrected chi connectivity index (χ4v) is 18.9. The van der Waals surface area contributed by atoms with Gasteiger partial charge in [0, 0.05) is 113 Å². The van der Waals surface area contributed by atoms with Crippen molar-refractivity contribution in [2.75, 3.05) is 0 Å². The molecule has 8 atom stereocenters. The fraction of sp³-hybridized carbons (Fsp3) is 0.211. The molecule has 12 aliphatic carbocycles. The van der Waals surface area contributed by atoms with E-state index in [9.17, 15) is 0 Å². The van der Waals surface area contributed by atoms with Crippen molar-refractivity contribution in [3.8, 4) is 45.0 Å². The fourth-order valence-electron chi connectivity index (χ4n) is 18.9. The number of H-pyrrole nitrogens is 2. The Morgan fingerprint density at radius 2 is 0.412 bits per heavy atom. The van der Waals surface area contributed by atoms with Crippen LogP contribution in [0, 0.1) is 0 Å². The molecule has 25 rings (SSSR count). The lowest BCUT2D eigenvalue weighted by molar-refractivity contribution is 0.520. The number of rotatable bonds is 0. The largest absolute Gasteiger partial charge is 0.354 e. The van der Waals surface area contributed by atoms with Crippen LogP contribution in [0.15, 0.2) is 170 Å². The zero-order valence-electron chi connectivity index (χ0n) is 44.3. The van der Waals surface area contributed by atoms with Crippen molar-refractivity contribution in [2.45, 2.75) is 98.7 Å². The van der Waals surface area contributed by atoms with Crippen molar-refractivity contribution in [1.29, 1.82) is 0 Å². The van der Waals surface area contributed by atoms with Crippen LogP contribution in [0.5, 0.6) is 0 Å². The Kier molecular flexibility index (Phi) is 7.83. The molecule has 4 nitrogen and oxygen atoms in total. The van der Waals surface area contributed by atoms with Gasteiger partial charge >= 0.3 is 0 Å². The Hall–Kier alpha value is -8.60. The van der Waals surface area contributed by atoms with Crippen molar-refractivity contribution >= 4 is 43.6 Å². The normalized spacial score (nSPS) is 23.6. The topological polar surface area (TPSA) is 57.4 Å². The molecule has 8 unspecified atom stereocenters. The van der Waals surface area contributed by atoms with Crippen molar-refractivity contribution in [2.24, 2.45) is 0 Å². The van der Waals surface area contributed by atoms with Crippen LogP contribution in [0.2, 0.25) is 0 Å². The Labute approximate surface area is 463 Å². The van der Waals surface area contributed by atoms with E-state index >= 15 is 0 Å². The van der Waals surface area contributed by atoms with E-state index in [1.54, 1.807) is 0 Å². The second-order valence-electron chi connectivity index (χ2n) is 25.6. The van der Waals surface area contributed by atoms with Gasteiger partial charge in [0.25, 0.3) is 0 Å². The van der Waals surface area contributed by atoms with Gasteiger partial charge in [0.2, 0.25) is 0 Å². The SMILES string of the molecule is c1ccc2c(c1)C1CCC2c2cc3c(cc21)-c1cc2[nH]c(cc4nc(cc5[nH]c(cc-3n1)c1cc3c(cc51)C1CCC3c3ccccc31)-c1cc3c(cc1-4)C1CCC3c3ccccc31)c1cc3c(cc21)C1CCC3c2ccccc21. The van der Waals surface area contributed by atoms with Crippen LogP contribution in [0.3, 0.4) is 0 Å². The summed E-state index contributed by atoms with van der Waals surface area (Å²) in [6.07, 6.45) is 9.54. The smallest absolute Gasteiger partial charge is 0.0737 e. The van der Waals surface area contributed by atoms with Gasteiger partial charge in [-0.1, -0.05) is 97.1 Å². The Morgan fingerprint density at radius 1 is 0.225 bits per heavy atom. The van der Waals surface area contributed by atoms with Crippen LogP contribution in [0.4, 0.5) is 0 Å². The van der Waals surface area contributed by atoms with Crippen LogP contribution in [0.1, 0.15) is 188 Å². The Bertz CT molecular complexity index is 4320. The van der Waals surface area contributed by atoms with E-state index in [2.05, 4.69) is 180 Å². The van der Waals surface area contributed by atoms with Gasteiger partial charge in [-0.3, -0.25) is 0 Å². The highest BCUT2D eigenvalue weighted by atomic mass is 14.8. The first kappa shape index (κ1) is 42.4. The predicted octanol–water partition coefficient (Wildman–Crippen LogP) is 18.8. The molecule has 378 valence electrons. The summed E-state index contributed by atoms with van der Waals surface area (Å²) in [6.45, 7) is 0. The minimum absolute atomic E-state index is 0.397. The number of aromatic nitrogens is 4. The third-order valence-corrected chi connectivity index (χ3v) is 22.3. The molecule has 80 heavy (non-hydrogen) atoms. The van der Waals surface area contributed by atoms with Gasteiger partial charge < -0.3 is 9.97 Å². The second-order valence-corrected chi connectivity index (χ2v) is 25.6. The summed E-state index contributed by atoms with van der Waals surface area (Å²) < 4.78 is 0. The van der Waals surface area contributed by atoms with Crippen molar-refractivity contribution in [1.82, 2.24) is 19.9 Å². The number of hydrogen-bond donors (Lipinski definition) is 2. The third kappa shape index (κ3) is 5.30. The van der Waals surface area contributed by atoms with Crippen LogP contribution >= 0.6 is 0 Å². The highest BCUT2D eigenvalue weighted by Gasteiger charge is 2.43. The summed E-state index contributed by atoms with van der Waals surface area (Å²) in [5, 5.41) is 5.08. The summed E-state index contributed by atoms with van der Waals surface area (Å²) in [5.74, 6) is 3.19. The van der Waals surface area contributed by atoms with Gasteiger partial charge in [0.1, 0.15) is 0 Å². The average molecular weight is 1020 g/mol. The van der Waals surface area contributed by atoms with Crippen LogP contribution < -0.4 is 0 Å². The summed E-state index contributed by atoms with van der Waals surface area (Å²) in [7, 11) is 0. The first-order valence-electron chi connectivity index (χ1n) is 30.0. The van der Waals surface area contributed by atoms with E-state index in [1.165, 1.54) is 184 Å². The maximum Gasteiger partial charge on any atom is 0.0737 e. The van der Waals surface area contributed by atoms with Crippen molar-refractivity contribution in [3.63, 3.8) is 0 Å². The van der Waals surface area contributed by atoms with Gasteiger partial charge in [-0.2, -0.15) is 0 Å². The van der Waals surface area contributed by atoms with Crippen molar-refractivity contribution in [3.05, 3.63) is 259 Å². The molecule has 0 spiro atoms. The van der Waals surface area contributed by atoms with Gasteiger partial charge in [-0.15, -0.1) is 0 Å². The zero-order valence-corrected chi connectivity index (χ0v) is 44.3. The summed E-state index contributed by atoms with van der Waals surface area (Å²) in [4.78, 5) is 20.0. The quantitative estimate of drug-likeness (QED) is 0.159. The molecule has 11 aromatic rings. The molecule has 4 heteroatoms. The lowest BCUT2D eigenvalue weighted by Crippen LogP contribution is -2.24. The van der Waals surface area contributed by atoms with Gasteiger partial charge in [0.05, 0.1) is 22.8 Å². The van der Waals surface area contributed by atoms with E-state index in [4.69, 9.17) is 9.97 Å². The molecule has 0 saturated carbocycles. The number of nitrogens with zero attached hydrogens (tertiary/aromatic N) is 2. The molecule has 16 bridgehead atoms. The summed E-state index contributed by atoms with van der Waals surface area (Å²) in [6, 6.07) is 67.4. The van der Waals surface area contributed by atoms with E-state index < -0.39 is 0 Å². The third-order valence-electron chi connectivity index (χ3n) is 22.3. The first-order chi connectivity index (χ1) is 39.6. The lowest BCUT2D eigenvalue weighted by Gasteiger charge is -2.40. The summed E-state index contributed by atoms with van der Waals surface area (Å²) >= 11 is 0. The predicted molar refractivity (Wildman–Crippen MR) is 322 cm³/mol. The number of hydrogen-bond acceptors (Lipinski definition) is 2. The maximum absolute atomic E-state index is 5.85. The Morgan fingerprint density at radius 3 is 0.613 bits per heavy atom. The summed E-state index contributed by atoms with van der Waals surface area (Å²) in [5.41, 5.74) is 37.7. The highest BCUT2D eigenvalue weighted by Crippen LogP contribution is 2.60. The molecule has 0 fully saturated rings. The number of fused-ring (bicyclic) bond motifs is 24. The molecule has 0 amide bonds. The monoisotopic (exact) mass is 1020 g/mol. The number of aromatic amines is 2. The van der Waals surface area contributed by atoms with E-state index in [0.29, 0.717) is 47.3 Å². The van der Waals surface area contributed by atoms with E-state index in [0.717, 1.165) is 44.8 Å². The van der Waals surface area contributed by atoms with E-state index in [1.807, 2.05) is 0 Å². The van der Waals surface area contributed by atoms with Gasteiger partial charge in [0.15, 0.2) is 0 Å². The first-order valence-corrected chi connectivity index (χ1v) is 30.0. The molecule has 14 aliphatic rings. The molecule has 8 aromatic carbocycles. The second kappa shape index (κ2) is 14.8. The minimum Gasteiger partial charge on any atom is -0.354 e. The molecule has 2 N–H and O–H groups in total. The lowest BCUT2D eigenvalue weighted by atomic mass is 9.63. The van der Waals surface area contributed by atoms with Crippen molar-refractivity contribution < 1.29 is 0 Å². The zero-order chi connectivity index (χ0) is 51.4. The van der Waals surface area contributed by atoms with Crippen LogP contribution in [0.25, 0.3) is 88.6 Å². The molecular weight excluding hydrogens is 969 g/mol. The number of benzene rings is 8. The molecule has 2 aliphatic heterocycles. The maximum atomic E-state index is 5.85. The van der Waals surface area contributed by atoms with Crippen LogP contribution in [-0.2, 0) is 0 Å². The van der Waals surface area contributed by atoms with Crippen LogP contribution in [-0.4, -0.2) is 19.9 Å². The molecule has 0 radical (unpaired) electrons.